The zero-order valence-corrected chi connectivity index (χ0v) is 12.9. The van der Waals surface area contributed by atoms with Gasteiger partial charge in [-0.2, -0.15) is 4.98 Å². The highest BCUT2D eigenvalue weighted by Gasteiger charge is 2.09. The number of nitrogens with two attached hydrogens (primary N) is 1. The smallest absolute Gasteiger partial charge is 0.224 e. The van der Waals surface area contributed by atoms with Crippen LogP contribution in [0.4, 0.5) is 5.82 Å². The maximum atomic E-state index is 6.09. The van der Waals surface area contributed by atoms with Gasteiger partial charge in [-0.05, 0) is 18.2 Å². The van der Waals surface area contributed by atoms with Crippen LogP contribution in [0.2, 0.25) is 5.02 Å². The maximum absolute atomic E-state index is 6.09. The number of benzene rings is 1. The Morgan fingerprint density at radius 2 is 2.15 bits per heavy atom. The van der Waals surface area contributed by atoms with E-state index in [0.717, 1.165) is 4.47 Å². The second-order valence-electron chi connectivity index (χ2n) is 3.76. The molecule has 3 N–H and O–H groups in total. The fraction of sp³-hybridized carbons (Fsp3) is 0.167. The van der Waals surface area contributed by atoms with Gasteiger partial charge in [-0.25, -0.2) is 10.8 Å². The predicted molar refractivity (Wildman–Crippen MR) is 79.8 cm³/mol. The lowest BCUT2D eigenvalue weighted by molar-refractivity contribution is 0.177. The molecule has 0 atom stereocenters. The van der Waals surface area contributed by atoms with Crippen LogP contribution in [0.5, 0.6) is 11.6 Å². The molecule has 0 aliphatic heterocycles. The summed E-state index contributed by atoms with van der Waals surface area (Å²) >= 11 is 9.42. The van der Waals surface area contributed by atoms with Gasteiger partial charge in [0.05, 0.1) is 5.02 Å². The van der Waals surface area contributed by atoms with E-state index in [0.29, 0.717) is 28.3 Å². The Balaban J connectivity index is 2.29. The third-order valence-electron chi connectivity index (χ3n) is 2.28. The fourth-order valence-corrected chi connectivity index (χ4v) is 2.18. The second kappa shape index (κ2) is 6.85. The maximum Gasteiger partial charge on any atom is 0.224 e. The van der Waals surface area contributed by atoms with Crippen LogP contribution in [0.1, 0.15) is 5.82 Å². The first-order chi connectivity index (χ1) is 9.62. The van der Waals surface area contributed by atoms with E-state index in [1.807, 2.05) is 6.07 Å². The lowest BCUT2D eigenvalue weighted by Gasteiger charge is -2.10. The summed E-state index contributed by atoms with van der Waals surface area (Å²) in [6.07, 6.45) is 0. The number of hydrazine groups is 1. The molecular formula is C12H12BrClN4O2. The largest absolute Gasteiger partial charge is 0.437 e. The monoisotopic (exact) mass is 358 g/mol. The van der Waals surface area contributed by atoms with E-state index in [4.69, 9.17) is 26.9 Å². The normalized spacial score (nSPS) is 10.4. The standard InChI is InChI=1S/C12H12BrClN4O2/c1-19-6-11-16-10(18-15)5-12(17-11)20-9-3-2-7(13)4-8(9)14/h2-5H,6,15H2,1H3,(H,16,17,18). The molecule has 2 rings (SSSR count). The molecular weight excluding hydrogens is 348 g/mol. The van der Waals surface area contributed by atoms with Gasteiger partial charge in [0, 0.05) is 17.6 Å². The Morgan fingerprint density at radius 1 is 1.35 bits per heavy atom. The van der Waals surface area contributed by atoms with Gasteiger partial charge < -0.3 is 14.9 Å². The predicted octanol–water partition coefficient (Wildman–Crippen LogP) is 3.12. The van der Waals surface area contributed by atoms with Crippen LogP contribution >= 0.6 is 27.5 Å². The molecule has 0 bridgehead atoms. The van der Waals surface area contributed by atoms with E-state index in [2.05, 4.69) is 31.3 Å². The zero-order chi connectivity index (χ0) is 14.5. The van der Waals surface area contributed by atoms with E-state index in [1.54, 1.807) is 25.3 Å². The summed E-state index contributed by atoms with van der Waals surface area (Å²) in [6.45, 7) is 0.250. The summed E-state index contributed by atoms with van der Waals surface area (Å²) in [5, 5.41) is 0.466. The highest BCUT2D eigenvalue weighted by atomic mass is 79.9. The van der Waals surface area contributed by atoms with Crippen molar-refractivity contribution in [2.24, 2.45) is 5.84 Å². The molecule has 0 radical (unpaired) electrons. The molecule has 0 saturated heterocycles. The Bertz CT molecular complexity index is 612. The van der Waals surface area contributed by atoms with E-state index in [-0.39, 0.29) is 6.61 Å². The van der Waals surface area contributed by atoms with Crippen molar-refractivity contribution in [1.82, 2.24) is 9.97 Å². The van der Waals surface area contributed by atoms with Crippen molar-refractivity contribution in [3.63, 3.8) is 0 Å². The summed E-state index contributed by atoms with van der Waals surface area (Å²) in [5.41, 5.74) is 2.45. The molecule has 0 fully saturated rings. The molecule has 1 aromatic heterocycles. The number of anilines is 1. The number of nitrogens with one attached hydrogen (secondary N) is 1. The van der Waals surface area contributed by atoms with Gasteiger partial charge in [0.15, 0.2) is 5.82 Å². The molecule has 0 saturated carbocycles. The molecule has 1 aromatic carbocycles. The number of hydrogen-bond donors (Lipinski definition) is 2. The molecule has 8 heteroatoms. The van der Waals surface area contributed by atoms with Crippen molar-refractivity contribution in [2.75, 3.05) is 12.5 Å². The van der Waals surface area contributed by atoms with Crippen LogP contribution in [-0.4, -0.2) is 17.1 Å². The van der Waals surface area contributed by atoms with Crippen LogP contribution in [-0.2, 0) is 11.3 Å². The van der Waals surface area contributed by atoms with Crippen molar-refractivity contribution >= 4 is 33.3 Å². The van der Waals surface area contributed by atoms with Gasteiger partial charge in [-0.15, -0.1) is 0 Å². The van der Waals surface area contributed by atoms with E-state index in [9.17, 15) is 0 Å². The number of nitrogen functional groups attached to an aromatic ring is 1. The van der Waals surface area contributed by atoms with Crippen LogP contribution in [0.15, 0.2) is 28.7 Å². The minimum absolute atomic E-state index is 0.250. The molecule has 1 heterocycles. The lowest BCUT2D eigenvalue weighted by atomic mass is 10.3. The van der Waals surface area contributed by atoms with Crippen LogP contribution in [0.25, 0.3) is 0 Å². The third kappa shape index (κ3) is 3.80. The van der Waals surface area contributed by atoms with Gasteiger partial charge in [-0.1, -0.05) is 27.5 Å². The first-order valence-corrected chi connectivity index (χ1v) is 6.76. The summed E-state index contributed by atoms with van der Waals surface area (Å²) < 4.78 is 11.5. The van der Waals surface area contributed by atoms with E-state index >= 15 is 0 Å². The summed E-state index contributed by atoms with van der Waals surface area (Å²) in [6, 6.07) is 6.86. The van der Waals surface area contributed by atoms with Gasteiger partial charge in [0.2, 0.25) is 5.88 Å². The average molecular weight is 360 g/mol. The number of hydrogen-bond acceptors (Lipinski definition) is 6. The number of aromatic nitrogens is 2. The average Bonchev–Trinajstić information content (AvgIpc) is 2.42. The molecule has 0 amide bonds. The summed E-state index contributed by atoms with van der Waals surface area (Å²) in [7, 11) is 1.55. The topological polar surface area (TPSA) is 82.3 Å². The number of methoxy groups -OCH3 is 1. The molecule has 106 valence electrons. The Kier molecular flexibility index (Phi) is 5.13. The van der Waals surface area contributed by atoms with E-state index < -0.39 is 0 Å². The minimum Gasteiger partial charge on any atom is -0.437 e. The van der Waals surface area contributed by atoms with Crippen LogP contribution in [0, 0.1) is 0 Å². The van der Waals surface area contributed by atoms with Crippen molar-refractivity contribution in [2.45, 2.75) is 6.61 Å². The molecule has 0 aliphatic rings. The Hall–Kier alpha value is -1.41. The van der Waals surface area contributed by atoms with Gasteiger partial charge >= 0.3 is 0 Å². The van der Waals surface area contributed by atoms with Gasteiger partial charge in [0.1, 0.15) is 18.2 Å². The number of halogens is 2. The second-order valence-corrected chi connectivity index (χ2v) is 5.08. The SMILES string of the molecule is COCc1nc(NN)cc(Oc2ccc(Br)cc2Cl)n1. The molecule has 6 nitrogen and oxygen atoms in total. The van der Waals surface area contributed by atoms with Gasteiger partial charge in [-0.3, -0.25) is 0 Å². The van der Waals surface area contributed by atoms with Crippen molar-refractivity contribution in [1.29, 1.82) is 0 Å². The highest BCUT2D eigenvalue weighted by molar-refractivity contribution is 9.10. The zero-order valence-electron chi connectivity index (χ0n) is 10.6. The van der Waals surface area contributed by atoms with E-state index in [1.165, 1.54) is 0 Å². The quantitative estimate of drug-likeness (QED) is 0.630. The van der Waals surface area contributed by atoms with Gasteiger partial charge in [0.25, 0.3) is 0 Å². The minimum atomic E-state index is 0.250. The molecule has 2 aromatic rings. The molecule has 0 unspecified atom stereocenters. The number of ether oxygens (including phenoxy) is 2. The van der Waals surface area contributed by atoms with Crippen LogP contribution < -0.4 is 16.0 Å². The molecule has 0 aliphatic carbocycles. The number of nitrogens with zero attached hydrogens (tertiary/aromatic N) is 2. The lowest BCUT2D eigenvalue weighted by Crippen LogP contribution is -2.11. The highest BCUT2D eigenvalue weighted by Crippen LogP contribution is 2.31. The number of rotatable bonds is 5. The first kappa shape index (κ1) is 15.0. The Labute approximate surface area is 129 Å². The summed E-state index contributed by atoms with van der Waals surface area (Å²) in [5.74, 6) is 7.04. The molecule has 0 spiro atoms. The van der Waals surface area contributed by atoms with Crippen LogP contribution in [0.3, 0.4) is 0 Å². The first-order valence-electron chi connectivity index (χ1n) is 5.59. The van der Waals surface area contributed by atoms with Crippen molar-refractivity contribution in [3.8, 4) is 11.6 Å². The Morgan fingerprint density at radius 3 is 2.80 bits per heavy atom. The third-order valence-corrected chi connectivity index (χ3v) is 3.07. The van der Waals surface area contributed by atoms with Crippen molar-refractivity contribution < 1.29 is 9.47 Å². The molecule has 20 heavy (non-hydrogen) atoms. The fourth-order valence-electron chi connectivity index (χ4n) is 1.46. The van der Waals surface area contributed by atoms with Crippen molar-refractivity contribution in [3.05, 3.63) is 39.6 Å². The summed E-state index contributed by atoms with van der Waals surface area (Å²) in [4.78, 5) is 8.33.